The Bertz CT molecular complexity index is 1700. The number of aliphatic hydroxyl groups is 2. The molecule has 0 aliphatic heterocycles. The van der Waals surface area contributed by atoms with Crippen molar-refractivity contribution in [3.8, 4) is 5.75 Å². The van der Waals surface area contributed by atoms with E-state index in [4.69, 9.17) is 0 Å². The summed E-state index contributed by atoms with van der Waals surface area (Å²) in [6.07, 6.45) is -0.856. The lowest BCUT2D eigenvalue weighted by molar-refractivity contribution is -0.136. The van der Waals surface area contributed by atoms with E-state index in [9.17, 15) is 34.5 Å². The molecule has 44 heavy (non-hydrogen) atoms. The summed E-state index contributed by atoms with van der Waals surface area (Å²) in [6, 6.07) is 9.39. The van der Waals surface area contributed by atoms with Crippen LogP contribution in [0.3, 0.4) is 0 Å². The zero-order valence-corrected chi connectivity index (χ0v) is 26.8. The molecule has 0 spiro atoms. The second kappa shape index (κ2) is 10.7. The number of ketones is 4. The van der Waals surface area contributed by atoms with E-state index in [1.165, 1.54) is 13.8 Å². The first kappa shape index (κ1) is 31.6. The van der Waals surface area contributed by atoms with E-state index in [0.717, 1.165) is 16.7 Å². The summed E-state index contributed by atoms with van der Waals surface area (Å²) in [6.45, 7) is 14.6. The van der Waals surface area contributed by atoms with E-state index in [-0.39, 0.29) is 52.9 Å². The maximum Gasteiger partial charge on any atom is 0.196 e. The summed E-state index contributed by atoms with van der Waals surface area (Å²) in [5.74, 6) is -4.64. The van der Waals surface area contributed by atoms with Crippen molar-refractivity contribution in [3.63, 3.8) is 0 Å². The fourth-order valence-corrected chi connectivity index (χ4v) is 7.90. The van der Waals surface area contributed by atoms with Crippen LogP contribution in [0.1, 0.15) is 99.0 Å². The lowest BCUT2D eigenvalue weighted by Crippen LogP contribution is -2.56. The van der Waals surface area contributed by atoms with Crippen LogP contribution in [0.25, 0.3) is 0 Å². The van der Waals surface area contributed by atoms with E-state index >= 15 is 0 Å². The Balaban J connectivity index is 1.54. The minimum absolute atomic E-state index is 0.00917. The number of benzene rings is 2. The number of allylic oxidation sites excluding steroid dienone is 3. The first-order chi connectivity index (χ1) is 20.4. The standard InChI is InChI=1S/C37H42O7/c1-17-9-10-21(25(13-17)36(5,6)7)15-23(39)16-22-11-12-24-19(3)28-30(33(42)29(24)31(22)40)35(44)37(8)26(32(28)41)14-18(2)27(20(4)38)34(37)43/h9-13,19,26,28,32,40-41,44H,14-16H2,1-8H3. The van der Waals surface area contributed by atoms with Gasteiger partial charge < -0.3 is 15.3 Å². The van der Waals surface area contributed by atoms with Gasteiger partial charge in [0.1, 0.15) is 17.3 Å². The molecule has 0 saturated heterocycles. The van der Waals surface area contributed by atoms with Gasteiger partial charge in [-0.05, 0) is 62.1 Å². The van der Waals surface area contributed by atoms with Crippen LogP contribution in [0, 0.1) is 24.2 Å². The Morgan fingerprint density at radius 1 is 1.00 bits per heavy atom. The molecule has 0 bridgehead atoms. The van der Waals surface area contributed by atoms with Crippen LogP contribution in [0.15, 0.2) is 52.8 Å². The molecule has 5 rings (SSSR count). The van der Waals surface area contributed by atoms with Crippen molar-refractivity contribution in [2.24, 2.45) is 17.3 Å². The van der Waals surface area contributed by atoms with Gasteiger partial charge in [0, 0.05) is 35.8 Å². The van der Waals surface area contributed by atoms with Crippen molar-refractivity contribution in [1.82, 2.24) is 0 Å². The number of rotatable bonds is 5. The molecule has 232 valence electrons. The van der Waals surface area contributed by atoms with Gasteiger partial charge >= 0.3 is 0 Å². The van der Waals surface area contributed by atoms with E-state index < -0.39 is 52.4 Å². The van der Waals surface area contributed by atoms with Gasteiger partial charge in [0.2, 0.25) is 0 Å². The van der Waals surface area contributed by atoms with Crippen LogP contribution in [-0.4, -0.2) is 44.6 Å². The summed E-state index contributed by atoms with van der Waals surface area (Å²) in [5.41, 5.74) is 2.49. The number of phenols is 1. The van der Waals surface area contributed by atoms with Crippen molar-refractivity contribution in [3.05, 3.63) is 86.2 Å². The Morgan fingerprint density at radius 2 is 1.61 bits per heavy atom. The van der Waals surface area contributed by atoms with Gasteiger partial charge in [-0.25, -0.2) is 0 Å². The van der Waals surface area contributed by atoms with Gasteiger partial charge in [-0.1, -0.05) is 69.2 Å². The molecule has 2 aromatic carbocycles. The van der Waals surface area contributed by atoms with Crippen LogP contribution < -0.4 is 0 Å². The number of hydrogen-bond donors (Lipinski definition) is 3. The normalized spacial score (nSPS) is 26.8. The Morgan fingerprint density at radius 3 is 2.23 bits per heavy atom. The predicted octanol–water partition coefficient (Wildman–Crippen LogP) is 5.96. The van der Waals surface area contributed by atoms with Gasteiger partial charge in [-0.2, -0.15) is 0 Å². The highest BCUT2D eigenvalue weighted by atomic mass is 16.3. The van der Waals surface area contributed by atoms with Crippen molar-refractivity contribution < 1.29 is 34.5 Å². The summed E-state index contributed by atoms with van der Waals surface area (Å²) >= 11 is 0. The zero-order chi connectivity index (χ0) is 32.6. The van der Waals surface area contributed by atoms with E-state index in [1.807, 2.05) is 26.0 Å². The van der Waals surface area contributed by atoms with Gasteiger partial charge in [0.15, 0.2) is 17.3 Å². The molecule has 5 atom stereocenters. The number of aromatic hydroxyl groups is 1. The maximum atomic E-state index is 14.1. The molecule has 7 heteroatoms. The second-order valence-electron chi connectivity index (χ2n) is 14.3. The molecule has 2 aromatic rings. The first-order valence-electron chi connectivity index (χ1n) is 15.3. The lowest BCUT2D eigenvalue weighted by atomic mass is 9.52. The number of phenolic OH excluding ortho intramolecular Hbond substituents is 1. The van der Waals surface area contributed by atoms with Crippen molar-refractivity contribution in [1.29, 1.82) is 0 Å². The number of carbonyl (C=O) groups excluding carboxylic acids is 4. The molecule has 0 radical (unpaired) electrons. The molecule has 0 amide bonds. The monoisotopic (exact) mass is 598 g/mol. The topological polar surface area (TPSA) is 129 Å². The van der Waals surface area contributed by atoms with Crippen molar-refractivity contribution >= 4 is 23.1 Å². The van der Waals surface area contributed by atoms with Gasteiger partial charge in [-0.3, -0.25) is 19.2 Å². The molecular weight excluding hydrogens is 556 g/mol. The molecule has 0 aromatic heterocycles. The average Bonchev–Trinajstić information content (AvgIpc) is 2.92. The summed E-state index contributed by atoms with van der Waals surface area (Å²) in [5, 5.41) is 34.8. The van der Waals surface area contributed by atoms with Gasteiger partial charge in [0.25, 0.3) is 0 Å². The molecule has 0 fully saturated rings. The Kier molecular flexibility index (Phi) is 7.65. The number of aryl methyl sites for hydroxylation is 1. The highest BCUT2D eigenvalue weighted by molar-refractivity contribution is 6.24. The molecule has 0 heterocycles. The minimum atomic E-state index is -1.67. The molecular formula is C37H42O7. The largest absolute Gasteiger partial charge is 0.511 e. The zero-order valence-electron chi connectivity index (χ0n) is 26.8. The van der Waals surface area contributed by atoms with Crippen LogP contribution in [0.5, 0.6) is 5.75 Å². The number of hydrogen-bond acceptors (Lipinski definition) is 7. The third-order valence-corrected chi connectivity index (χ3v) is 10.2. The second-order valence-corrected chi connectivity index (χ2v) is 14.3. The van der Waals surface area contributed by atoms with Gasteiger partial charge in [0.05, 0.1) is 22.7 Å². The van der Waals surface area contributed by atoms with E-state index in [2.05, 4.69) is 26.8 Å². The van der Waals surface area contributed by atoms with Crippen molar-refractivity contribution in [2.45, 2.75) is 92.1 Å². The molecule has 7 nitrogen and oxygen atoms in total. The molecule has 3 N–H and O–H groups in total. The van der Waals surface area contributed by atoms with E-state index in [0.29, 0.717) is 16.7 Å². The molecule has 5 unspecified atom stereocenters. The summed E-state index contributed by atoms with van der Waals surface area (Å²) < 4.78 is 0. The lowest BCUT2D eigenvalue weighted by Gasteiger charge is -2.51. The van der Waals surface area contributed by atoms with Crippen LogP contribution in [-0.2, 0) is 32.6 Å². The summed E-state index contributed by atoms with van der Waals surface area (Å²) in [7, 11) is 0. The predicted molar refractivity (Wildman–Crippen MR) is 167 cm³/mol. The SMILES string of the molecule is CC(=O)C1=C(C)CC2C(O)C3C(=C(O)C2(C)C1=O)C(=O)c1c(ccc(CC(=O)Cc2ccc(C)cc2C(C)(C)C)c1O)C3C. The average molecular weight is 599 g/mol. The number of aliphatic hydroxyl groups excluding tert-OH is 2. The smallest absolute Gasteiger partial charge is 0.196 e. The number of Topliss-reactive ketones (excluding diaryl/α,β-unsaturated/α-hetero) is 4. The maximum absolute atomic E-state index is 14.1. The van der Waals surface area contributed by atoms with Crippen LogP contribution in [0.2, 0.25) is 0 Å². The third-order valence-electron chi connectivity index (χ3n) is 10.2. The van der Waals surface area contributed by atoms with Gasteiger partial charge in [-0.15, -0.1) is 0 Å². The number of carbonyl (C=O) groups is 4. The Labute approximate surface area is 258 Å². The first-order valence-corrected chi connectivity index (χ1v) is 15.3. The highest BCUT2D eigenvalue weighted by Gasteiger charge is 2.61. The van der Waals surface area contributed by atoms with Crippen LogP contribution in [0.4, 0.5) is 0 Å². The van der Waals surface area contributed by atoms with Crippen LogP contribution >= 0.6 is 0 Å². The fraction of sp³-hybridized carbons (Fsp3) is 0.459. The van der Waals surface area contributed by atoms with Crippen molar-refractivity contribution in [2.75, 3.05) is 0 Å². The van der Waals surface area contributed by atoms with E-state index in [1.54, 1.807) is 19.1 Å². The minimum Gasteiger partial charge on any atom is -0.511 e. The number of fused-ring (bicyclic) bond motifs is 3. The molecule has 3 aliphatic rings. The highest BCUT2D eigenvalue weighted by Crippen LogP contribution is 2.58. The quantitative estimate of drug-likeness (QED) is 0.363. The Hall–Kier alpha value is -3.84. The third kappa shape index (κ3) is 4.68. The molecule has 3 aliphatic carbocycles. The summed E-state index contributed by atoms with van der Waals surface area (Å²) in [4.78, 5) is 53.6. The fourth-order valence-electron chi connectivity index (χ4n) is 7.90. The molecule has 0 saturated carbocycles.